The molecule has 0 spiro atoms. The van der Waals surface area contributed by atoms with Gasteiger partial charge in [0.1, 0.15) is 12.4 Å². The maximum Gasteiger partial charge on any atom is 0.365 e. The molecule has 184 valence electrons. The number of hydrogen-bond acceptors (Lipinski definition) is 12. The van der Waals surface area contributed by atoms with Gasteiger partial charge in [-0.25, -0.2) is 9.78 Å². The zero-order valence-corrected chi connectivity index (χ0v) is 18.7. The lowest BCUT2D eigenvalue weighted by Crippen LogP contribution is -2.76. The van der Waals surface area contributed by atoms with Crippen LogP contribution in [0.5, 0.6) is 0 Å². The molecule has 1 saturated carbocycles. The Bertz CT molecular complexity index is 1200. The number of fused-ring (bicyclic) bond motifs is 3. The number of allylic oxidation sites excluding steroid dienone is 1. The summed E-state index contributed by atoms with van der Waals surface area (Å²) in [5.41, 5.74) is 11.1. The minimum absolute atomic E-state index is 0.0384. The molecule has 0 aromatic carbocycles. The van der Waals surface area contributed by atoms with Gasteiger partial charge in [0.2, 0.25) is 5.78 Å². The van der Waals surface area contributed by atoms with E-state index in [4.69, 9.17) is 34.5 Å². The van der Waals surface area contributed by atoms with Gasteiger partial charge in [-0.05, 0) is 25.0 Å². The number of esters is 3. The van der Waals surface area contributed by atoms with Crippen LogP contribution < -0.4 is 11.5 Å². The van der Waals surface area contributed by atoms with E-state index in [2.05, 4.69) is 4.98 Å². The van der Waals surface area contributed by atoms with Crippen LogP contribution in [0.25, 0.3) is 0 Å². The number of carbonyl (C=O) groups excluding carboxylic acids is 4. The molecule has 2 fully saturated rings. The van der Waals surface area contributed by atoms with Gasteiger partial charge in [-0.15, -0.1) is 0 Å². The van der Waals surface area contributed by atoms with E-state index >= 15 is 0 Å². The van der Waals surface area contributed by atoms with Crippen molar-refractivity contribution in [2.45, 2.75) is 36.4 Å². The summed E-state index contributed by atoms with van der Waals surface area (Å²) in [6, 6.07) is 1.63. The highest BCUT2D eigenvalue weighted by molar-refractivity contribution is 6.04. The van der Waals surface area contributed by atoms with Gasteiger partial charge in [0, 0.05) is 23.1 Å². The molecule has 0 unspecified atom stereocenters. The maximum absolute atomic E-state index is 13.8. The van der Waals surface area contributed by atoms with Gasteiger partial charge in [-0.3, -0.25) is 14.4 Å². The lowest BCUT2D eigenvalue weighted by atomic mass is 9.50. The van der Waals surface area contributed by atoms with Crippen molar-refractivity contribution in [3.8, 4) is 0 Å². The molecule has 1 aliphatic heterocycles. The zero-order chi connectivity index (χ0) is 25.0. The number of nitrogens with two attached hydrogens (primary N) is 2. The number of nitrogens with zero attached hydrogens (tertiary/aromatic N) is 1. The number of aromatic nitrogens is 1. The third kappa shape index (κ3) is 3.48. The van der Waals surface area contributed by atoms with Crippen LogP contribution in [0.3, 0.4) is 0 Å². The maximum atomic E-state index is 13.8. The minimum Gasteiger partial charge on any atom is -0.472 e. The first kappa shape index (κ1) is 23.0. The first-order valence-electron chi connectivity index (χ1n) is 10.9. The van der Waals surface area contributed by atoms with Gasteiger partial charge in [0.15, 0.2) is 17.8 Å². The highest BCUT2D eigenvalue weighted by atomic mass is 16.6. The van der Waals surface area contributed by atoms with E-state index in [9.17, 15) is 19.2 Å². The molecule has 12 heteroatoms. The lowest BCUT2D eigenvalue weighted by Gasteiger charge is -2.58. The highest BCUT2D eigenvalue weighted by Gasteiger charge is 2.67. The molecule has 2 aliphatic carbocycles. The van der Waals surface area contributed by atoms with Crippen molar-refractivity contribution in [3.63, 3.8) is 0 Å². The molecule has 0 amide bonds. The Kier molecular flexibility index (Phi) is 5.37. The van der Waals surface area contributed by atoms with E-state index in [0.29, 0.717) is 5.56 Å². The standard InChI is InChI=1S/C23H23N3O9/c1-31-19(28)13-6-15(34-21(30)14-9-33-10-26-14)17(27)18-22(13,24)4-2-12-20(29)35-16(7-23(12,18)25)11-3-5-32-8-11/h3,5-6,8-10,12-13,16,18H,2,4,7,24-25H2,1H3/t12-,13-,16-,18-,22+,23+/m0/s1. The summed E-state index contributed by atoms with van der Waals surface area (Å²) in [6.45, 7) is 0. The Labute approximate surface area is 198 Å². The number of rotatable bonds is 4. The average Bonchev–Trinajstić information content (AvgIpc) is 3.54. The van der Waals surface area contributed by atoms with E-state index in [1.165, 1.54) is 25.7 Å². The molecular weight excluding hydrogens is 462 g/mol. The molecule has 5 rings (SSSR count). The average molecular weight is 485 g/mol. The van der Waals surface area contributed by atoms with Crippen molar-refractivity contribution in [1.29, 1.82) is 0 Å². The second-order valence-corrected chi connectivity index (χ2v) is 9.09. The quantitative estimate of drug-likeness (QED) is 0.458. The molecule has 4 N–H and O–H groups in total. The number of cyclic esters (lactones) is 1. The molecule has 3 heterocycles. The molecule has 0 bridgehead atoms. The SMILES string of the molecule is COC(=O)[C@@H]1C=C(OC(=O)c2cocn2)C(=O)[C@H]2[C@@]1(N)CC[C@H]1C(=O)O[C@H](c3ccoc3)C[C@]21N. The van der Waals surface area contributed by atoms with Gasteiger partial charge >= 0.3 is 17.9 Å². The number of oxazole rings is 1. The first-order valence-corrected chi connectivity index (χ1v) is 10.9. The molecule has 0 radical (unpaired) electrons. The van der Waals surface area contributed by atoms with Crippen molar-refractivity contribution >= 4 is 23.7 Å². The van der Waals surface area contributed by atoms with Crippen LogP contribution in [0.1, 0.15) is 41.4 Å². The van der Waals surface area contributed by atoms with Crippen molar-refractivity contribution in [3.05, 3.63) is 54.3 Å². The summed E-state index contributed by atoms with van der Waals surface area (Å²) in [5, 5.41) is 0. The molecule has 1 saturated heterocycles. The number of ether oxygens (including phenoxy) is 3. The third-order valence-electron chi connectivity index (χ3n) is 7.29. The first-order chi connectivity index (χ1) is 16.7. The van der Waals surface area contributed by atoms with E-state index in [1.54, 1.807) is 6.07 Å². The number of hydrogen-bond donors (Lipinski definition) is 2. The number of Topliss-reactive ketones (excluding diaryl/α,β-unsaturated/α-hetero) is 1. The van der Waals surface area contributed by atoms with Crippen LogP contribution in [0, 0.1) is 17.8 Å². The van der Waals surface area contributed by atoms with Crippen molar-refractivity contribution in [2.75, 3.05) is 7.11 Å². The monoisotopic (exact) mass is 485 g/mol. The Morgan fingerprint density at radius 3 is 2.63 bits per heavy atom. The van der Waals surface area contributed by atoms with Gasteiger partial charge < -0.3 is 34.5 Å². The van der Waals surface area contributed by atoms with Crippen LogP contribution in [-0.4, -0.2) is 46.9 Å². The fourth-order valence-electron chi connectivity index (χ4n) is 5.65. The summed E-state index contributed by atoms with van der Waals surface area (Å²) >= 11 is 0. The Morgan fingerprint density at radius 2 is 1.97 bits per heavy atom. The molecule has 12 nitrogen and oxygen atoms in total. The third-order valence-corrected chi connectivity index (χ3v) is 7.29. The molecule has 35 heavy (non-hydrogen) atoms. The van der Waals surface area contributed by atoms with Crippen LogP contribution in [0.15, 0.2) is 51.9 Å². The predicted octanol–water partition coefficient (Wildman–Crippen LogP) is 0.790. The Balaban J connectivity index is 1.58. The summed E-state index contributed by atoms with van der Waals surface area (Å²) in [6.07, 6.45) is 5.66. The zero-order valence-electron chi connectivity index (χ0n) is 18.7. The van der Waals surface area contributed by atoms with Gasteiger partial charge in [-0.2, -0.15) is 0 Å². The van der Waals surface area contributed by atoms with Gasteiger partial charge in [-0.1, -0.05) is 0 Å². The Hall–Kier alpha value is -3.77. The van der Waals surface area contributed by atoms with Crippen molar-refractivity contribution in [1.82, 2.24) is 4.98 Å². The number of carbonyl (C=O) groups is 4. The van der Waals surface area contributed by atoms with Crippen molar-refractivity contribution in [2.24, 2.45) is 29.2 Å². The molecular formula is C23H23N3O9. The van der Waals surface area contributed by atoms with Crippen molar-refractivity contribution < 1.29 is 42.2 Å². The van der Waals surface area contributed by atoms with Crippen LogP contribution >= 0.6 is 0 Å². The van der Waals surface area contributed by atoms with Gasteiger partial charge in [0.25, 0.3) is 0 Å². The number of furan rings is 1. The predicted molar refractivity (Wildman–Crippen MR) is 113 cm³/mol. The van der Waals surface area contributed by atoms with Crippen LogP contribution in [0.2, 0.25) is 0 Å². The van der Waals surface area contributed by atoms with E-state index < -0.39 is 64.4 Å². The summed E-state index contributed by atoms with van der Waals surface area (Å²) < 4.78 is 25.8. The fourth-order valence-corrected chi connectivity index (χ4v) is 5.65. The molecule has 3 aliphatic rings. The van der Waals surface area contributed by atoms with Crippen LogP contribution in [-0.2, 0) is 28.6 Å². The summed E-state index contributed by atoms with van der Waals surface area (Å²) in [4.78, 5) is 55.9. The minimum atomic E-state index is -1.51. The molecule has 2 aromatic rings. The fraction of sp³-hybridized carbons (Fsp3) is 0.435. The molecule has 2 aromatic heterocycles. The second-order valence-electron chi connectivity index (χ2n) is 9.09. The largest absolute Gasteiger partial charge is 0.472 e. The number of ketones is 1. The molecule has 6 atom stereocenters. The van der Waals surface area contributed by atoms with Gasteiger partial charge in [0.05, 0.1) is 37.4 Å². The second kappa shape index (κ2) is 8.17. The van der Waals surface area contributed by atoms with Crippen LogP contribution in [0.4, 0.5) is 0 Å². The number of methoxy groups -OCH3 is 1. The lowest BCUT2D eigenvalue weighted by molar-refractivity contribution is -0.179. The smallest absolute Gasteiger partial charge is 0.365 e. The topological polar surface area (TPSA) is 187 Å². The van der Waals surface area contributed by atoms with E-state index in [0.717, 1.165) is 12.7 Å². The summed E-state index contributed by atoms with van der Waals surface area (Å²) in [7, 11) is 1.18. The Morgan fingerprint density at radius 1 is 1.17 bits per heavy atom. The normalized spacial score (nSPS) is 34.2. The highest BCUT2D eigenvalue weighted by Crippen LogP contribution is 2.55. The van der Waals surface area contributed by atoms with E-state index in [-0.39, 0.29) is 25.0 Å². The van der Waals surface area contributed by atoms with E-state index in [1.807, 2.05) is 0 Å². The summed E-state index contributed by atoms with van der Waals surface area (Å²) in [5.74, 6) is -6.69.